The minimum Gasteiger partial charge on any atom is -0.357 e. The second-order valence-corrected chi connectivity index (χ2v) is 9.35. The van der Waals surface area contributed by atoms with Crippen LogP contribution in [0.4, 0.5) is 0 Å². The van der Waals surface area contributed by atoms with Crippen LogP contribution in [-0.2, 0) is 16.6 Å². The zero-order chi connectivity index (χ0) is 20.0. The SMILES string of the molecule is CCNC(=NCc1ccc2ccccc2c1)NC1CCN(S(=O)(=O)CC)CC1. The maximum Gasteiger partial charge on any atom is 0.213 e. The lowest BCUT2D eigenvalue weighted by Crippen LogP contribution is -2.50. The van der Waals surface area contributed by atoms with Gasteiger partial charge in [0.1, 0.15) is 0 Å². The molecule has 0 saturated carbocycles. The van der Waals surface area contributed by atoms with Crippen molar-refractivity contribution in [3.63, 3.8) is 0 Å². The fraction of sp³-hybridized carbons (Fsp3) is 0.476. The van der Waals surface area contributed by atoms with Gasteiger partial charge in [0.2, 0.25) is 10.0 Å². The van der Waals surface area contributed by atoms with Crippen LogP contribution in [0.15, 0.2) is 47.5 Å². The summed E-state index contributed by atoms with van der Waals surface area (Å²) in [5.41, 5.74) is 1.17. The van der Waals surface area contributed by atoms with E-state index in [0.29, 0.717) is 19.6 Å². The van der Waals surface area contributed by atoms with Gasteiger partial charge in [-0.2, -0.15) is 0 Å². The molecule has 1 aliphatic rings. The zero-order valence-corrected chi connectivity index (χ0v) is 17.5. The number of sulfonamides is 1. The Labute approximate surface area is 168 Å². The molecule has 2 aromatic rings. The molecule has 1 aliphatic heterocycles. The fourth-order valence-corrected chi connectivity index (χ4v) is 4.61. The van der Waals surface area contributed by atoms with E-state index < -0.39 is 10.0 Å². The van der Waals surface area contributed by atoms with Crippen molar-refractivity contribution in [3.8, 4) is 0 Å². The Morgan fingerprint density at radius 3 is 2.50 bits per heavy atom. The molecule has 152 valence electrons. The molecule has 0 spiro atoms. The first kappa shape index (κ1) is 20.6. The Kier molecular flexibility index (Phi) is 6.91. The average Bonchev–Trinajstić information content (AvgIpc) is 2.72. The largest absolute Gasteiger partial charge is 0.357 e. The van der Waals surface area contributed by atoms with Gasteiger partial charge in [0.25, 0.3) is 0 Å². The molecule has 1 saturated heterocycles. The fourth-order valence-electron chi connectivity index (χ4n) is 3.48. The number of benzene rings is 2. The lowest BCUT2D eigenvalue weighted by molar-refractivity contribution is 0.306. The van der Waals surface area contributed by atoms with Crippen molar-refractivity contribution in [2.24, 2.45) is 4.99 Å². The molecular weight excluding hydrogens is 372 g/mol. The molecule has 0 bridgehead atoms. The standard InChI is InChI=1S/C21H30N4O2S/c1-3-22-21(24-20-11-13-25(14-12-20)28(26,27)4-2)23-16-17-9-10-18-7-5-6-8-19(18)15-17/h5-10,15,20H,3-4,11-14,16H2,1-2H3,(H2,22,23,24). The zero-order valence-electron chi connectivity index (χ0n) is 16.7. The number of hydrogen-bond donors (Lipinski definition) is 2. The third kappa shape index (κ3) is 5.23. The summed E-state index contributed by atoms with van der Waals surface area (Å²) in [6.45, 7) is 6.26. The number of nitrogens with zero attached hydrogens (tertiary/aromatic N) is 2. The normalized spacial score (nSPS) is 17.0. The predicted molar refractivity (Wildman–Crippen MR) is 116 cm³/mol. The van der Waals surface area contributed by atoms with Crippen molar-refractivity contribution in [2.75, 3.05) is 25.4 Å². The quantitative estimate of drug-likeness (QED) is 0.576. The number of guanidine groups is 1. The van der Waals surface area contributed by atoms with E-state index >= 15 is 0 Å². The van der Waals surface area contributed by atoms with Gasteiger partial charge in [0.05, 0.1) is 12.3 Å². The predicted octanol–water partition coefficient (Wildman–Crippen LogP) is 2.71. The molecule has 2 N–H and O–H groups in total. The Hall–Kier alpha value is -2.12. The molecule has 28 heavy (non-hydrogen) atoms. The monoisotopic (exact) mass is 402 g/mol. The first-order valence-corrected chi connectivity index (χ1v) is 11.6. The van der Waals surface area contributed by atoms with Gasteiger partial charge in [0, 0.05) is 25.7 Å². The first-order valence-electron chi connectivity index (χ1n) is 10.0. The lowest BCUT2D eigenvalue weighted by Gasteiger charge is -2.32. The van der Waals surface area contributed by atoms with Crippen molar-refractivity contribution < 1.29 is 8.42 Å². The Bertz CT molecular complexity index is 919. The second kappa shape index (κ2) is 9.39. The van der Waals surface area contributed by atoms with Gasteiger partial charge in [-0.15, -0.1) is 0 Å². The number of rotatable bonds is 6. The van der Waals surface area contributed by atoms with E-state index in [4.69, 9.17) is 4.99 Å². The Balaban J connectivity index is 1.61. The van der Waals surface area contributed by atoms with Crippen LogP contribution in [0.3, 0.4) is 0 Å². The van der Waals surface area contributed by atoms with Gasteiger partial charge in [-0.3, -0.25) is 0 Å². The van der Waals surface area contributed by atoms with Crippen LogP contribution >= 0.6 is 0 Å². The minimum absolute atomic E-state index is 0.168. The molecule has 0 atom stereocenters. The van der Waals surface area contributed by atoms with Crippen LogP contribution in [0, 0.1) is 0 Å². The summed E-state index contributed by atoms with van der Waals surface area (Å²) in [4.78, 5) is 4.73. The van der Waals surface area contributed by atoms with Crippen LogP contribution in [0.2, 0.25) is 0 Å². The average molecular weight is 403 g/mol. The highest BCUT2D eigenvalue weighted by Crippen LogP contribution is 2.17. The van der Waals surface area contributed by atoms with Crippen LogP contribution in [-0.4, -0.2) is 50.1 Å². The van der Waals surface area contributed by atoms with Crippen LogP contribution in [0.25, 0.3) is 10.8 Å². The molecule has 1 heterocycles. The van der Waals surface area contributed by atoms with Gasteiger partial charge in [-0.1, -0.05) is 36.4 Å². The van der Waals surface area contributed by atoms with Gasteiger partial charge >= 0.3 is 0 Å². The summed E-state index contributed by atoms with van der Waals surface area (Å²) < 4.78 is 25.6. The number of nitrogens with one attached hydrogen (secondary N) is 2. The van der Waals surface area contributed by atoms with Crippen molar-refractivity contribution in [1.29, 1.82) is 0 Å². The summed E-state index contributed by atoms with van der Waals surface area (Å²) in [5, 5.41) is 9.22. The molecule has 0 aromatic heterocycles. The molecular formula is C21H30N4O2S. The second-order valence-electron chi connectivity index (χ2n) is 7.09. The van der Waals surface area contributed by atoms with E-state index in [1.165, 1.54) is 16.3 Å². The Morgan fingerprint density at radius 2 is 1.82 bits per heavy atom. The van der Waals surface area contributed by atoms with Gasteiger partial charge < -0.3 is 10.6 Å². The minimum atomic E-state index is -3.09. The van der Waals surface area contributed by atoms with Crippen LogP contribution < -0.4 is 10.6 Å². The lowest BCUT2D eigenvalue weighted by atomic mass is 10.1. The molecule has 7 heteroatoms. The highest BCUT2D eigenvalue weighted by atomic mass is 32.2. The summed E-state index contributed by atoms with van der Waals surface area (Å²) in [6, 6.07) is 15.0. The number of fused-ring (bicyclic) bond motifs is 1. The van der Waals surface area contributed by atoms with E-state index in [1.54, 1.807) is 11.2 Å². The third-order valence-corrected chi connectivity index (χ3v) is 7.01. The molecule has 2 aromatic carbocycles. The summed E-state index contributed by atoms with van der Waals surface area (Å²) >= 11 is 0. The molecule has 0 unspecified atom stereocenters. The highest BCUT2D eigenvalue weighted by Gasteiger charge is 2.26. The molecule has 1 fully saturated rings. The van der Waals surface area contributed by atoms with Gasteiger partial charge in [0.15, 0.2) is 5.96 Å². The van der Waals surface area contributed by atoms with Crippen LogP contribution in [0.5, 0.6) is 0 Å². The number of piperidine rings is 1. The van der Waals surface area contributed by atoms with E-state index in [9.17, 15) is 8.42 Å². The van der Waals surface area contributed by atoms with E-state index in [1.807, 2.05) is 19.1 Å². The van der Waals surface area contributed by atoms with Crippen molar-refractivity contribution in [2.45, 2.75) is 39.3 Å². The maximum absolute atomic E-state index is 12.0. The van der Waals surface area contributed by atoms with E-state index in [0.717, 1.165) is 25.3 Å². The smallest absolute Gasteiger partial charge is 0.213 e. The Morgan fingerprint density at radius 1 is 1.11 bits per heavy atom. The summed E-state index contributed by atoms with van der Waals surface area (Å²) in [6.07, 6.45) is 1.58. The number of hydrogen-bond acceptors (Lipinski definition) is 3. The molecule has 6 nitrogen and oxygen atoms in total. The highest BCUT2D eigenvalue weighted by molar-refractivity contribution is 7.89. The van der Waals surface area contributed by atoms with Crippen LogP contribution in [0.1, 0.15) is 32.3 Å². The van der Waals surface area contributed by atoms with Crippen molar-refractivity contribution in [1.82, 2.24) is 14.9 Å². The maximum atomic E-state index is 12.0. The summed E-state index contributed by atoms with van der Waals surface area (Å²) in [5.74, 6) is 0.952. The molecule has 3 rings (SSSR count). The van der Waals surface area contributed by atoms with Crippen molar-refractivity contribution in [3.05, 3.63) is 48.0 Å². The van der Waals surface area contributed by atoms with E-state index in [2.05, 4.69) is 41.0 Å². The first-order chi connectivity index (χ1) is 13.5. The molecule has 0 aliphatic carbocycles. The van der Waals surface area contributed by atoms with E-state index in [-0.39, 0.29) is 11.8 Å². The third-order valence-electron chi connectivity index (χ3n) is 5.13. The van der Waals surface area contributed by atoms with Crippen molar-refractivity contribution >= 4 is 26.8 Å². The number of aliphatic imine (C=N–C) groups is 1. The molecule has 0 amide bonds. The van der Waals surface area contributed by atoms with Gasteiger partial charge in [-0.25, -0.2) is 17.7 Å². The molecule has 0 radical (unpaired) electrons. The topological polar surface area (TPSA) is 73.8 Å². The van der Waals surface area contributed by atoms with Gasteiger partial charge in [-0.05, 0) is 49.1 Å². The summed E-state index contributed by atoms with van der Waals surface area (Å²) in [7, 11) is -3.09.